The molecule has 0 amide bonds. The van der Waals surface area contributed by atoms with E-state index in [0.29, 0.717) is 0 Å². The normalized spacial score (nSPS) is 24.7. The van der Waals surface area contributed by atoms with Gasteiger partial charge in [-0.3, -0.25) is 0 Å². The molecule has 76 valence electrons. The predicted octanol–water partition coefficient (Wildman–Crippen LogP) is 3.90. The van der Waals surface area contributed by atoms with Gasteiger partial charge in [0.1, 0.15) is 0 Å². The Bertz CT molecular complexity index is 99.7. The van der Waals surface area contributed by atoms with E-state index in [1.165, 1.54) is 44.9 Å². The highest BCUT2D eigenvalue weighted by molar-refractivity contribution is 4.75. The molecule has 0 bridgehead atoms. The molecule has 1 nitrogen and oxygen atoms in total. The Morgan fingerprint density at radius 2 is 1.31 bits per heavy atom. The molecule has 1 aliphatic rings. The van der Waals surface area contributed by atoms with Gasteiger partial charge >= 0.3 is 0 Å². The first-order valence-corrected chi connectivity index (χ1v) is 5.89. The summed E-state index contributed by atoms with van der Waals surface area (Å²) in [5.74, 6) is 0. The van der Waals surface area contributed by atoms with Gasteiger partial charge in [-0.2, -0.15) is 0 Å². The number of hydrogen-bond acceptors (Lipinski definition) is 0. The molecule has 1 fully saturated rings. The van der Waals surface area contributed by atoms with Crippen LogP contribution in [0.1, 0.15) is 64.2 Å². The third-order valence-corrected chi connectivity index (χ3v) is 2.87. The molecule has 0 heterocycles. The van der Waals surface area contributed by atoms with E-state index in [0.717, 1.165) is 19.3 Å². The average molecular weight is 182 g/mol. The summed E-state index contributed by atoms with van der Waals surface area (Å²) < 4.78 is 0. The Morgan fingerprint density at radius 1 is 0.769 bits per heavy atom. The van der Waals surface area contributed by atoms with Crippen LogP contribution < -0.4 is 0 Å². The van der Waals surface area contributed by atoms with Gasteiger partial charge in [0.25, 0.3) is 0 Å². The van der Waals surface area contributed by atoms with Gasteiger partial charge in [0, 0.05) is 0 Å². The van der Waals surface area contributed by atoms with E-state index < -0.39 is 0 Å². The molecule has 2 radical (unpaired) electrons. The summed E-state index contributed by atoms with van der Waals surface area (Å²) >= 11 is 0. The molecule has 0 N–H and O–H groups in total. The van der Waals surface area contributed by atoms with E-state index in [1.54, 1.807) is 0 Å². The second-order valence-corrected chi connectivity index (χ2v) is 4.18. The zero-order valence-electron chi connectivity index (χ0n) is 8.63. The monoisotopic (exact) mass is 182 g/mol. The van der Waals surface area contributed by atoms with Gasteiger partial charge in [-0.05, 0) is 19.3 Å². The van der Waals surface area contributed by atoms with Crippen molar-refractivity contribution < 1.29 is 5.11 Å². The molecule has 1 aliphatic carbocycles. The van der Waals surface area contributed by atoms with Crippen molar-refractivity contribution in [3.63, 3.8) is 0 Å². The summed E-state index contributed by atoms with van der Waals surface area (Å²) in [6, 6.07) is 0. The van der Waals surface area contributed by atoms with Crippen LogP contribution in [0.4, 0.5) is 0 Å². The molecule has 0 aromatic carbocycles. The van der Waals surface area contributed by atoms with Crippen molar-refractivity contribution in [1.29, 1.82) is 0 Å². The van der Waals surface area contributed by atoms with Gasteiger partial charge in [0.2, 0.25) is 0 Å². The third kappa shape index (κ3) is 6.09. The maximum absolute atomic E-state index is 11.3. The van der Waals surface area contributed by atoms with Gasteiger partial charge < -0.3 is 0 Å². The fraction of sp³-hybridized carbons (Fsp3) is 0.917. The molecule has 1 rings (SSSR count). The van der Waals surface area contributed by atoms with E-state index in [2.05, 4.69) is 0 Å². The highest BCUT2D eigenvalue weighted by Crippen LogP contribution is 2.16. The van der Waals surface area contributed by atoms with Crippen LogP contribution >= 0.6 is 0 Å². The summed E-state index contributed by atoms with van der Waals surface area (Å²) in [5.41, 5.74) is 0. The summed E-state index contributed by atoms with van der Waals surface area (Å²) in [6.45, 7) is 0. The van der Waals surface area contributed by atoms with Crippen molar-refractivity contribution in [1.82, 2.24) is 0 Å². The Balaban J connectivity index is 2.11. The number of rotatable bonds is 0. The van der Waals surface area contributed by atoms with E-state index in [1.807, 2.05) is 6.42 Å². The molecule has 0 aromatic heterocycles. The van der Waals surface area contributed by atoms with Crippen molar-refractivity contribution in [2.75, 3.05) is 0 Å². The van der Waals surface area contributed by atoms with Gasteiger partial charge in [-0.1, -0.05) is 51.4 Å². The SMILES string of the molecule is [O]C1[CH]CCCCCCCCCC1. The van der Waals surface area contributed by atoms with Crippen LogP contribution in [0.2, 0.25) is 0 Å². The third-order valence-electron chi connectivity index (χ3n) is 2.87. The largest absolute Gasteiger partial charge is 0.233 e. The fourth-order valence-corrected chi connectivity index (χ4v) is 1.97. The zero-order valence-corrected chi connectivity index (χ0v) is 8.63. The van der Waals surface area contributed by atoms with Crippen LogP contribution in [0, 0.1) is 6.42 Å². The van der Waals surface area contributed by atoms with Crippen molar-refractivity contribution >= 4 is 0 Å². The quantitative estimate of drug-likeness (QED) is 0.541. The molecule has 0 saturated heterocycles. The Labute approximate surface area is 82.5 Å². The minimum Gasteiger partial charge on any atom is -0.233 e. The lowest BCUT2D eigenvalue weighted by atomic mass is 10.00. The van der Waals surface area contributed by atoms with Gasteiger partial charge in [0.05, 0.1) is 6.10 Å². The first kappa shape index (κ1) is 11.0. The van der Waals surface area contributed by atoms with Crippen LogP contribution in [0.5, 0.6) is 0 Å². The Kier molecular flexibility index (Phi) is 6.26. The van der Waals surface area contributed by atoms with Crippen molar-refractivity contribution in [2.45, 2.75) is 70.3 Å². The minimum atomic E-state index is -0.376. The van der Waals surface area contributed by atoms with Crippen LogP contribution in [0.3, 0.4) is 0 Å². The molecular weight excluding hydrogens is 160 g/mol. The molecule has 1 atom stereocenters. The fourth-order valence-electron chi connectivity index (χ4n) is 1.97. The minimum absolute atomic E-state index is 0.376. The number of hydrogen-bond donors (Lipinski definition) is 0. The zero-order chi connectivity index (χ0) is 9.36. The van der Waals surface area contributed by atoms with Crippen molar-refractivity contribution in [3.8, 4) is 0 Å². The van der Waals surface area contributed by atoms with Gasteiger partial charge in [-0.15, -0.1) is 0 Å². The molecule has 1 heteroatoms. The summed E-state index contributed by atoms with van der Waals surface area (Å²) in [6.07, 6.45) is 14.0. The first-order chi connectivity index (χ1) is 6.39. The second-order valence-electron chi connectivity index (χ2n) is 4.18. The summed E-state index contributed by atoms with van der Waals surface area (Å²) in [7, 11) is 0. The molecule has 1 saturated carbocycles. The predicted molar refractivity (Wildman–Crippen MR) is 54.9 cm³/mol. The smallest absolute Gasteiger partial charge is 0.0961 e. The summed E-state index contributed by atoms with van der Waals surface area (Å²) in [4.78, 5) is 0. The molecule has 0 spiro atoms. The van der Waals surface area contributed by atoms with Gasteiger partial charge in [0.15, 0.2) is 0 Å². The standard InChI is InChI=1S/C12H22O/c13-12-10-8-6-4-2-1-3-5-7-9-11-12/h10,12H,1-9,11H2. The van der Waals surface area contributed by atoms with E-state index >= 15 is 0 Å². The van der Waals surface area contributed by atoms with Gasteiger partial charge in [-0.25, -0.2) is 5.11 Å². The Morgan fingerprint density at radius 3 is 2.00 bits per heavy atom. The van der Waals surface area contributed by atoms with E-state index in [4.69, 9.17) is 0 Å². The average Bonchev–Trinajstić information content (AvgIpc) is 2.11. The molecule has 0 aliphatic heterocycles. The van der Waals surface area contributed by atoms with Crippen LogP contribution in [-0.2, 0) is 5.11 Å². The maximum Gasteiger partial charge on any atom is 0.0961 e. The van der Waals surface area contributed by atoms with Crippen molar-refractivity contribution in [2.24, 2.45) is 0 Å². The molecule has 1 unspecified atom stereocenters. The van der Waals surface area contributed by atoms with E-state index in [-0.39, 0.29) is 6.10 Å². The molecular formula is C12H22O. The molecule has 13 heavy (non-hydrogen) atoms. The highest BCUT2D eigenvalue weighted by Gasteiger charge is 2.06. The maximum atomic E-state index is 11.3. The lowest BCUT2D eigenvalue weighted by Crippen LogP contribution is -2.05. The second kappa shape index (κ2) is 7.37. The van der Waals surface area contributed by atoms with E-state index in [9.17, 15) is 5.11 Å². The van der Waals surface area contributed by atoms with Crippen LogP contribution in [0.15, 0.2) is 0 Å². The molecule has 0 aromatic rings. The van der Waals surface area contributed by atoms with Crippen LogP contribution in [0.25, 0.3) is 0 Å². The topological polar surface area (TPSA) is 19.9 Å². The lowest BCUT2D eigenvalue weighted by molar-refractivity contribution is 0.102. The Hall–Kier alpha value is -0.0400. The lowest BCUT2D eigenvalue weighted by Gasteiger charge is -2.09. The summed E-state index contributed by atoms with van der Waals surface area (Å²) in [5, 5.41) is 11.3. The van der Waals surface area contributed by atoms with Crippen molar-refractivity contribution in [3.05, 3.63) is 6.42 Å². The van der Waals surface area contributed by atoms with Crippen LogP contribution in [-0.4, -0.2) is 6.10 Å². The first-order valence-electron chi connectivity index (χ1n) is 5.89. The highest BCUT2D eigenvalue weighted by atomic mass is 16.3.